The fourth-order valence-electron chi connectivity index (χ4n) is 4.39. The van der Waals surface area contributed by atoms with Crippen LogP contribution in [0.25, 0.3) is 0 Å². The number of nitrogens with zero attached hydrogens (tertiary/aromatic N) is 4. The Morgan fingerprint density at radius 3 is 2.71 bits per heavy atom. The molecule has 8 nitrogen and oxygen atoms in total. The minimum Gasteiger partial charge on any atom is -0.338 e. The van der Waals surface area contributed by atoms with Crippen LogP contribution in [-0.4, -0.2) is 53.6 Å². The molecule has 1 N–H and O–H groups in total. The zero-order valence-corrected chi connectivity index (χ0v) is 18.5. The number of nitrogens with one attached hydrogen (secondary N) is 1. The number of likely N-dealkylation sites (tertiary alicyclic amines) is 1. The van der Waals surface area contributed by atoms with E-state index in [1.54, 1.807) is 12.1 Å². The SMILES string of the molecule is C=CCNS(=O)(=O)c1ccc(C(=O)N2CCCC(c3nnc4n3CCCCC4)C2)cc1. The van der Waals surface area contributed by atoms with Crippen LogP contribution in [0, 0.1) is 0 Å². The highest BCUT2D eigenvalue weighted by molar-refractivity contribution is 7.89. The second-order valence-electron chi connectivity index (χ2n) is 8.19. The lowest BCUT2D eigenvalue weighted by Gasteiger charge is -2.32. The summed E-state index contributed by atoms with van der Waals surface area (Å²) in [7, 11) is -3.60. The molecule has 1 fully saturated rings. The van der Waals surface area contributed by atoms with Crippen molar-refractivity contribution in [2.45, 2.75) is 55.9 Å². The highest BCUT2D eigenvalue weighted by Gasteiger charge is 2.30. The summed E-state index contributed by atoms with van der Waals surface area (Å²) in [6.07, 6.45) is 7.87. The molecule has 9 heteroatoms. The number of benzene rings is 1. The third-order valence-electron chi connectivity index (χ3n) is 6.04. The van der Waals surface area contributed by atoms with Gasteiger partial charge in [0.05, 0.1) is 4.90 Å². The normalized spacial score (nSPS) is 19.5. The Morgan fingerprint density at radius 2 is 1.94 bits per heavy atom. The molecule has 1 amide bonds. The quantitative estimate of drug-likeness (QED) is 0.692. The van der Waals surface area contributed by atoms with Gasteiger partial charge in [0.1, 0.15) is 11.6 Å². The van der Waals surface area contributed by atoms with E-state index in [1.807, 2.05) is 4.90 Å². The number of hydrogen-bond donors (Lipinski definition) is 1. The number of sulfonamides is 1. The van der Waals surface area contributed by atoms with Crippen molar-refractivity contribution in [2.24, 2.45) is 0 Å². The molecule has 31 heavy (non-hydrogen) atoms. The summed E-state index contributed by atoms with van der Waals surface area (Å²) in [5.74, 6) is 2.17. The topological polar surface area (TPSA) is 97.2 Å². The van der Waals surface area contributed by atoms with Gasteiger partial charge < -0.3 is 9.47 Å². The molecule has 166 valence electrons. The predicted molar refractivity (Wildman–Crippen MR) is 117 cm³/mol. The first-order valence-electron chi connectivity index (χ1n) is 10.9. The smallest absolute Gasteiger partial charge is 0.253 e. The molecule has 0 aliphatic carbocycles. The standard InChI is InChI=1S/C22H29N5O3S/c1-2-13-23-31(29,30)19-11-9-17(10-12-19)22(28)26-14-6-7-18(16-26)21-25-24-20-8-4-3-5-15-27(20)21/h2,9-12,18,23H,1,3-8,13-16H2. The van der Waals surface area contributed by atoms with Crippen molar-refractivity contribution >= 4 is 15.9 Å². The molecule has 2 aliphatic rings. The maximum Gasteiger partial charge on any atom is 0.253 e. The number of fused-ring (bicyclic) bond motifs is 1. The molecule has 0 saturated carbocycles. The zero-order valence-electron chi connectivity index (χ0n) is 17.7. The van der Waals surface area contributed by atoms with E-state index in [1.165, 1.54) is 24.6 Å². The van der Waals surface area contributed by atoms with E-state index in [9.17, 15) is 13.2 Å². The van der Waals surface area contributed by atoms with E-state index in [4.69, 9.17) is 0 Å². The van der Waals surface area contributed by atoms with Crippen LogP contribution in [0.3, 0.4) is 0 Å². The number of amides is 1. The van der Waals surface area contributed by atoms with E-state index in [-0.39, 0.29) is 23.3 Å². The van der Waals surface area contributed by atoms with Crippen molar-refractivity contribution in [1.82, 2.24) is 24.4 Å². The molecule has 1 unspecified atom stereocenters. The van der Waals surface area contributed by atoms with Crippen LogP contribution in [-0.2, 0) is 23.0 Å². The molecule has 1 aromatic heterocycles. The molecule has 4 rings (SSSR count). The molecule has 1 saturated heterocycles. The summed E-state index contributed by atoms with van der Waals surface area (Å²) in [5.41, 5.74) is 0.489. The molecule has 0 spiro atoms. The summed E-state index contributed by atoms with van der Waals surface area (Å²) in [6.45, 7) is 5.93. The minimum atomic E-state index is -3.60. The third kappa shape index (κ3) is 4.72. The van der Waals surface area contributed by atoms with E-state index in [0.29, 0.717) is 18.7 Å². The first-order valence-corrected chi connectivity index (χ1v) is 12.4. The van der Waals surface area contributed by atoms with Crippen molar-refractivity contribution in [3.8, 4) is 0 Å². The van der Waals surface area contributed by atoms with Crippen LogP contribution in [0.1, 0.15) is 60.0 Å². The lowest BCUT2D eigenvalue weighted by Crippen LogP contribution is -2.39. The van der Waals surface area contributed by atoms with Gasteiger partial charge in [-0.2, -0.15) is 0 Å². The van der Waals surface area contributed by atoms with Gasteiger partial charge in [0.25, 0.3) is 5.91 Å². The Morgan fingerprint density at radius 1 is 1.13 bits per heavy atom. The number of rotatable bonds is 6. The van der Waals surface area contributed by atoms with Crippen molar-refractivity contribution in [3.63, 3.8) is 0 Å². The molecule has 0 bridgehead atoms. The molecule has 1 aromatic carbocycles. The summed E-state index contributed by atoms with van der Waals surface area (Å²) in [5, 5.41) is 8.90. The predicted octanol–water partition coefficient (Wildman–Crippen LogP) is 2.49. The monoisotopic (exact) mass is 443 g/mol. The fourth-order valence-corrected chi connectivity index (χ4v) is 5.39. The molecule has 3 heterocycles. The van der Waals surface area contributed by atoms with Gasteiger partial charge in [0, 0.05) is 44.1 Å². The van der Waals surface area contributed by atoms with Crippen molar-refractivity contribution < 1.29 is 13.2 Å². The van der Waals surface area contributed by atoms with Crippen LogP contribution < -0.4 is 4.72 Å². The Kier molecular flexibility index (Phi) is 6.52. The fraction of sp³-hybridized carbons (Fsp3) is 0.500. The second-order valence-corrected chi connectivity index (χ2v) is 9.96. The van der Waals surface area contributed by atoms with Gasteiger partial charge in [-0.15, -0.1) is 16.8 Å². The molecule has 1 atom stereocenters. The largest absolute Gasteiger partial charge is 0.338 e. The van der Waals surface area contributed by atoms with Crippen molar-refractivity contribution in [3.05, 3.63) is 54.1 Å². The summed E-state index contributed by atoms with van der Waals surface area (Å²) >= 11 is 0. The van der Waals surface area contributed by atoms with Crippen LogP contribution in [0.15, 0.2) is 41.8 Å². The van der Waals surface area contributed by atoms with Gasteiger partial charge in [-0.25, -0.2) is 13.1 Å². The average molecular weight is 444 g/mol. The first-order chi connectivity index (χ1) is 15.0. The van der Waals surface area contributed by atoms with E-state index >= 15 is 0 Å². The van der Waals surface area contributed by atoms with Gasteiger partial charge in [0.2, 0.25) is 10.0 Å². The van der Waals surface area contributed by atoms with Gasteiger partial charge in [-0.1, -0.05) is 12.5 Å². The van der Waals surface area contributed by atoms with Gasteiger partial charge in [0.15, 0.2) is 0 Å². The lowest BCUT2D eigenvalue weighted by molar-refractivity contribution is 0.0703. The minimum absolute atomic E-state index is 0.0803. The van der Waals surface area contributed by atoms with Crippen LogP contribution >= 0.6 is 0 Å². The second kappa shape index (κ2) is 9.32. The number of aromatic nitrogens is 3. The molecule has 2 aliphatic heterocycles. The first kappa shape index (κ1) is 21.7. The Balaban J connectivity index is 1.47. The van der Waals surface area contributed by atoms with E-state index < -0.39 is 10.0 Å². The van der Waals surface area contributed by atoms with Gasteiger partial charge in [-0.3, -0.25) is 4.79 Å². The van der Waals surface area contributed by atoms with Gasteiger partial charge in [-0.05, 0) is 49.9 Å². The summed E-state index contributed by atoms with van der Waals surface area (Å²) in [6, 6.07) is 6.10. The number of piperidine rings is 1. The zero-order chi connectivity index (χ0) is 21.8. The maximum absolute atomic E-state index is 13.1. The number of carbonyl (C=O) groups excluding carboxylic acids is 1. The number of aryl methyl sites for hydroxylation is 1. The van der Waals surface area contributed by atoms with Gasteiger partial charge >= 0.3 is 0 Å². The highest BCUT2D eigenvalue weighted by Crippen LogP contribution is 2.29. The van der Waals surface area contributed by atoms with Crippen LogP contribution in [0.2, 0.25) is 0 Å². The van der Waals surface area contributed by atoms with Crippen LogP contribution in [0.5, 0.6) is 0 Å². The number of carbonyl (C=O) groups is 1. The van der Waals surface area contributed by atoms with Crippen molar-refractivity contribution in [1.29, 1.82) is 0 Å². The average Bonchev–Trinajstić information content (AvgIpc) is 3.05. The molecular weight excluding hydrogens is 414 g/mol. The lowest BCUT2D eigenvalue weighted by atomic mass is 9.96. The van der Waals surface area contributed by atoms with Crippen molar-refractivity contribution in [2.75, 3.05) is 19.6 Å². The maximum atomic E-state index is 13.1. The Bertz CT molecular complexity index is 1050. The molecule has 0 radical (unpaired) electrons. The molecular formula is C22H29N5O3S. The highest BCUT2D eigenvalue weighted by atomic mass is 32.2. The molecule has 2 aromatic rings. The third-order valence-corrected chi connectivity index (χ3v) is 7.48. The Hall–Kier alpha value is -2.52. The van der Waals surface area contributed by atoms with E-state index in [0.717, 1.165) is 50.3 Å². The summed E-state index contributed by atoms with van der Waals surface area (Å²) in [4.78, 5) is 15.1. The van der Waals surface area contributed by atoms with E-state index in [2.05, 4.69) is 26.1 Å². The summed E-state index contributed by atoms with van der Waals surface area (Å²) < 4.78 is 29.1. The Labute approximate surface area is 183 Å². The van der Waals surface area contributed by atoms with Crippen LogP contribution in [0.4, 0.5) is 0 Å². The number of hydrogen-bond acceptors (Lipinski definition) is 5.